The van der Waals surface area contributed by atoms with Gasteiger partial charge in [0.15, 0.2) is 8.32 Å². The summed E-state index contributed by atoms with van der Waals surface area (Å²) < 4.78 is 6.39. The van der Waals surface area contributed by atoms with Crippen LogP contribution in [0.15, 0.2) is 30.3 Å². The van der Waals surface area contributed by atoms with Crippen molar-refractivity contribution in [3.63, 3.8) is 0 Å². The van der Waals surface area contributed by atoms with Gasteiger partial charge in [-0.05, 0) is 36.5 Å². The van der Waals surface area contributed by atoms with E-state index in [1.165, 1.54) is 0 Å². The maximum Gasteiger partial charge on any atom is 0.310 e. The van der Waals surface area contributed by atoms with Gasteiger partial charge in [0.1, 0.15) is 5.92 Å². The van der Waals surface area contributed by atoms with Gasteiger partial charge in [-0.15, -0.1) is 0 Å². The summed E-state index contributed by atoms with van der Waals surface area (Å²) in [6, 6.07) is 9.81. The van der Waals surface area contributed by atoms with Crippen molar-refractivity contribution in [1.82, 2.24) is 5.06 Å². The Morgan fingerprint density at radius 3 is 2.41 bits per heavy atom. The van der Waals surface area contributed by atoms with E-state index in [1.54, 1.807) is 0 Å². The van der Waals surface area contributed by atoms with Gasteiger partial charge in [-0.1, -0.05) is 58.0 Å². The van der Waals surface area contributed by atoms with Gasteiger partial charge in [0, 0.05) is 13.2 Å². The first-order valence-corrected chi connectivity index (χ1v) is 12.7. The molecule has 4 atom stereocenters. The predicted octanol–water partition coefficient (Wildman–Crippen LogP) is 4.55. The Balaban J connectivity index is 2.17. The molecule has 1 N–H and O–H groups in total. The van der Waals surface area contributed by atoms with Crippen molar-refractivity contribution in [3.8, 4) is 0 Å². The molecule has 1 aliphatic heterocycles. The SMILES string of the molecule is CC(CO[Si](C)(C)C(C)(C)C)C1C(C(=O)O)C(C)ON1Cc1ccccc1. The molecule has 1 heterocycles. The van der Waals surface area contributed by atoms with Crippen molar-refractivity contribution in [1.29, 1.82) is 0 Å². The normalized spacial score (nSPS) is 25.5. The van der Waals surface area contributed by atoms with Crippen molar-refractivity contribution in [2.75, 3.05) is 6.61 Å². The summed E-state index contributed by atoms with van der Waals surface area (Å²) in [4.78, 5) is 17.9. The monoisotopic (exact) mass is 393 g/mol. The lowest BCUT2D eigenvalue weighted by molar-refractivity contribution is -0.173. The molecule has 0 aliphatic carbocycles. The summed E-state index contributed by atoms with van der Waals surface area (Å²) in [5.74, 6) is -1.32. The highest BCUT2D eigenvalue weighted by molar-refractivity contribution is 6.74. The summed E-state index contributed by atoms with van der Waals surface area (Å²) in [5.41, 5.74) is 1.11. The fraction of sp³-hybridized carbons (Fsp3) is 0.667. The molecule has 1 saturated heterocycles. The second kappa shape index (κ2) is 8.43. The molecule has 1 aromatic rings. The molecule has 4 unspecified atom stereocenters. The largest absolute Gasteiger partial charge is 0.481 e. The summed E-state index contributed by atoms with van der Waals surface area (Å²) in [6.07, 6.45) is -0.355. The molecule has 0 saturated carbocycles. The lowest BCUT2D eigenvalue weighted by Gasteiger charge is -2.38. The Hall–Kier alpha value is -1.21. The molecule has 0 amide bonds. The Labute approximate surface area is 164 Å². The van der Waals surface area contributed by atoms with Gasteiger partial charge >= 0.3 is 5.97 Å². The first kappa shape index (κ1) is 22.1. The average molecular weight is 394 g/mol. The van der Waals surface area contributed by atoms with Gasteiger partial charge in [0.05, 0.1) is 12.1 Å². The van der Waals surface area contributed by atoms with Crippen LogP contribution >= 0.6 is 0 Å². The first-order chi connectivity index (χ1) is 12.4. The van der Waals surface area contributed by atoms with E-state index in [0.29, 0.717) is 13.2 Å². The molecular formula is C21H35NO4Si. The van der Waals surface area contributed by atoms with Crippen LogP contribution in [-0.2, 0) is 20.6 Å². The van der Waals surface area contributed by atoms with Crippen molar-refractivity contribution in [2.45, 2.75) is 71.4 Å². The fourth-order valence-electron chi connectivity index (χ4n) is 3.35. The zero-order valence-electron chi connectivity index (χ0n) is 17.7. The molecule has 0 spiro atoms. The molecule has 1 aromatic carbocycles. The van der Waals surface area contributed by atoms with E-state index in [0.717, 1.165) is 5.56 Å². The van der Waals surface area contributed by atoms with E-state index in [9.17, 15) is 9.90 Å². The summed E-state index contributed by atoms with van der Waals surface area (Å²) in [6.45, 7) is 16.1. The van der Waals surface area contributed by atoms with E-state index in [2.05, 4.69) is 40.8 Å². The third kappa shape index (κ3) is 5.19. The van der Waals surface area contributed by atoms with Crippen LogP contribution in [0.1, 0.15) is 40.2 Å². The number of rotatable bonds is 7. The maximum absolute atomic E-state index is 11.9. The fourth-order valence-corrected chi connectivity index (χ4v) is 4.46. The number of carbonyl (C=O) groups is 1. The zero-order valence-corrected chi connectivity index (χ0v) is 18.7. The minimum absolute atomic E-state index is 0.0499. The number of benzene rings is 1. The maximum atomic E-state index is 11.9. The Bertz CT molecular complexity index is 629. The van der Waals surface area contributed by atoms with Gasteiger partial charge in [-0.3, -0.25) is 9.63 Å². The number of carboxylic acid groups (broad SMARTS) is 1. The quantitative estimate of drug-likeness (QED) is 0.689. The second-order valence-electron chi connectivity index (χ2n) is 9.27. The van der Waals surface area contributed by atoms with E-state index < -0.39 is 20.2 Å². The number of carboxylic acids is 1. The molecule has 0 bridgehead atoms. The number of hydrogen-bond acceptors (Lipinski definition) is 4. The molecular weight excluding hydrogens is 358 g/mol. The van der Waals surface area contributed by atoms with Crippen LogP contribution in [0.25, 0.3) is 0 Å². The van der Waals surface area contributed by atoms with Crippen LogP contribution < -0.4 is 0 Å². The zero-order chi connectivity index (χ0) is 20.4. The highest BCUT2D eigenvalue weighted by atomic mass is 28.4. The Morgan fingerprint density at radius 2 is 1.89 bits per heavy atom. The highest BCUT2D eigenvalue weighted by Crippen LogP contribution is 2.38. The van der Waals surface area contributed by atoms with Crippen molar-refractivity contribution < 1.29 is 19.2 Å². The molecule has 2 rings (SSSR count). The van der Waals surface area contributed by atoms with E-state index >= 15 is 0 Å². The van der Waals surface area contributed by atoms with E-state index in [1.807, 2.05) is 42.3 Å². The van der Waals surface area contributed by atoms with Gasteiger partial charge in [0.2, 0.25) is 0 Å². The first-order valence-electron chi connectivity index (χ1n) is 9.78. The molecule has 152 valence electrons. The van der Waals surface area contributed by atoms with Gasteiger partial charge < -0.3 is 9.53 Å². The lowest BCUT2D eigenvalue weighted by Crippen LogP contribution is -2.46. The third-order valence-corrected chi connectivity index (χ3v) is 10.6. The Kier molecular flexibility index (Phi) is 6.89. The molecule has 0 aromatic heterocycles. The third-order valence-electron chi connectivity index (χ3n) is 6.07. The van der Waals surface area contributed by atoms with Crippen molar-refractivity contribution in [2.24, 2.45) is 11.8 Å². The second-order valence-corrected chi connectivity index (χ2v) is 14.1. The topological polar surface area (TPSA) is 59.0 Å². The van der Waals surface area contributed by atoms with Crippen molar-refractivity contribution in [3.05, 3.63) is 35.9 Å². The molecule has 27 heavy (non-hydrogen) atoms. The summed E-state index contributed by atoms with van der Waals surface area (Å²) in [7, 11) is -1.89. The highest BCUT2D eigenvalue weighted by Gasteiger charge is 2.48. The molecule has 1 fully saturated rings. The smallest absolute Gasteiger partial charge is 0.310 e. The van der Waals surface area contributed by atoms with Gasteiger partial charge in [-0.25, -0.2) is 0 Å². The van der Waals surface area contributed by atoms with E-state index in [4.69, 9.17) is 9.26 Å². The van der Waals surface area contributed by atoms with Gasteiger partial charge in [0.25, 0.3) is 0 Å². The summed E-state index contributed by atoms with van der Waals surface area (Å²) >= 11 is 0. The lowest BCUT2D eigenvalue weighted by atomic mass is 9.87. The van der Waals surface area contributed by atoms with E-state index in [-0.39, 0.29) is 23.1 Å². The van der Waals surface area contributed by atoms with Crippen LogP contribution in [0.4, 0.5) is 0 Å². The van der Waals surface area contributed by atoms with Crippen LogP contribution in [0, 0.1) is 11.8 Å². The van der Waals surface area contributed by atoms with Crippen molar-refractivity contribution >= 4 is 14.3 Å². The number of nitrogens with zero attached hydrogens (tertiary/aromatic N) is 1. The number of hydrogen-bond donors (Lipinski definition) is 1. The average Bonchev–Trinajstić information content (AvgIpc) is 2.88. The molecule has 6 heteroatoms. The number of hydroxylamine groups is 2. The molecule has 1 aliphatic rings. The standard InChI is InChI=1S/C21H35NO4Si/c1-15(14-25-27(6,7)21(3,4)5)19-18(20(23)24)16(2)26-22(19)13-17-11-9-8-10-12-17/h8-12,15-16,18-19H,13-14H2,1-7H3,(H,23,24). The predicted molar refractivity (Wildman–Crippen MR) is 110 cm³/mol. The summed E-state index contributed by atoms with van der Waals surface area (Å²) in [5, 5.41) is 11.8. The minimum Gasteiger partial charge on any atom is -0.481 e. The van der Waals surface area contributed by atoms with Crippen LogP contribution in [0.3, 0.4) is 0 Å². The van der Waals surface area contributed by atoms with Crippen LogP contribution in [0.5, 0.6) is 0 Å². The van der Waals surface area contributed by atoms with Crippen LogP contribution in [-0.4, -0.2) is 43.2 Å². The number of aliphatic carboxylic acids is 1. The molecule has 0 radical (unpaired) electrons. The van der Waals surface area contributed by atoms with Crippen LogP contribution in [0.2, 0.25) is 18.1 Å². The van der Waals surface area contributed by atoms with Gasteiger partial charge in [-0.2, -0.15) is 5.06 Å². The minimum atomic E-state index is -1.89. The Morgan fingerprint density at radius 1 is 1.30 bits per heavy atom. The molecule has 5 nitrogen and oxygen atoms in total.